The minimum atomic E-state index is -4.92. The van der Waals surface area contributed by atoms with E-state index in [2.05, 4.69) is 6.92 Å². The van der Waals surface area contributed by atoms with Gasteiger partial charge in [-0.05, 0) is 30.5 Å². The molecule has 5 rings (SSSR count). The van der Waals surface area contributed by atoms with Crippen molar-refractivity contribution in [1.29, 1.82) is 0 Å². The summed E-state index contributed by atoms with van der Waals surface area (Å²) in [6, 6.07) is 10.1. The number of alkyl halides is 3. The predicted molar refractivity (Wildman–Crippen MR) is 120 cm³/mol. The van der Waals surface area contributed by atoms with Crippen molar-refractivity contribution in [3.63, 3.8) is 0 Å². The fourth-order valence-corrected chi connectivity index (χ4v) is 6.32. The van der Waals surface area contributed by atoms with Gasteiger partial charge in [-0.2, -0.15) is 13.2 Å². The second-order valence-electron chi connectivity index (χ2n) is 8.64. The molecule has 3 heterocycles. The van der Waals surface area contributed by atoms with Gasteiger partial charge in [0.2, 0.25) is 15.9 Å². The fourth-order valence-electron chi connectivity index (χ4n) is 4.75. The lowest BCUT2D eigenvalue weighted by Crippen LogP contribution is -2.70. The highest BCUT2D eigenvalue weighted by Crippen LogP contribution is 2.42. The number of amides is 1. The highest BCUT2D eigenvalue weighted by molar-refractivity contribution is 7.92. The molecular weight excluding hydrogens is 474 g/mol. The van der Waals surface area contributed by atoms with Gasteiger partial charge in [0.15, 0.2) is 5.82 Å². The van der Waals surface area contributed by atoms with Crippen LogP contribution in [0.4, 0.5) is 28.9 Å². The van der Waals surface area contributed by atoms with Crippen LogP contribution >= 0.6 is 0 Å². The van der Waals surface area contributed by atoms with Gasteiger partial charge in [0.25, 0.3) is 0 Å². The zero-order valence-corrected chi connectivity index (χ0v) is 19.2. The molecule has 1 amide bonds. The van der Waals surface area contributed by atoms with Crippen LogP contribution in [0.3, 0.4) is 0 Å². The van der Waals surface area contributed by atoms with E-state index in [0.29, 0.717) is 0 Å². The van der Waals surface area contributed by atoms with E-state index in [1.165, 1.54) is 31.2 Å². The largest absolute Gasteiger partial charge is 0.407 e. The Kier molecular flexibility index (Phi) is 6.26. The van der Waals surface area contributed by atoms with Crippen molar-refractivity contribution in [2.45, 2.75) is 37.4 Å². The molecule has 3 aliphatic heterocycles. The van der Waals surface area contributed by atoms with Crippen molar-refractivity contribution in [3.8, 4) is 0 Å². The van der Waals surface area contributed by atoms with Crippen molar-refractivity contribution < 1.29 is 30.8 Å². The van der Waals surface area contributed by atoms with E-state index in [1.807, 2.05) is 0 Å². The van der Waals surface area contributed by atoms with Gasteiger partial charge in [-0.3, -0.25) is 9.10 Å². The van der Waals surface area contributed by atoms with Crippen LogP contribution in [0, 0.1) is 12.7 Å². The van der Waals surface area contributed by atoms with Crippen LogP contribution in [0.1, 0.15) is 24.5 Å². The summed E-state index contributed by atoms with van der Waals surface area (Å²) in [6.45, 7) is 3.61. The van der Waals surface area contributed by atoms with Crippen LogP contribution in [0.15, 0.2) is 42.5 Å². The summed E-state index contributed by atoms with van der Waals surface area (Å²) < 4.78 is 82.8. The van der Waals surface area contributed by atoms with Crippen LogP contribution in [0.2, 0.25) is 0 Å². The first-order chi connectivity index (χ1) is 15.9. The molecule has 183 valence electrons. The molecule has 1 radical (unpaired) electrons. The SMILES string of the molecule is [CH2]c1ccc(N2C[C@H]3C[C@@H](C2)N3C(C)=O)c(N(CC(F)(F)F)S(=O)(=O)Cc2ccccc2)c1F. The van der Waals surface area contributed by atoms with Crippen LogP contribution < -0.4 is 9.21 Å². The van der Waals surface area contributed by atoms with Crippen molar-refractivity contribution in [2.75, 3.05) is 28.8 Å². The van der Waals surface area contributed by atoms with E-state index < -0.39 is 40.0 Å². The summed E-state index contributed by atoms with van der Waals surface area (Å²) >= 11 is 0. The van der Waals surface area contributed by atoms with Gasteiger partial charge in [0.1, 0.15) is 12.2 Å². The molecular formula is C23H24F4N3O3S. The summed E-state index contributed by atoms with van der Waals surface area (Å²) in [4.78, 5) is 15.2. The Balaban J connectivity index is 1.77. The molecule has 0 aliphatic carbocycles. The average molecular weight is 499 g/mol. The summed E-state index contributed by atoms with van der Waals surface area (Å²) in [7, 11) is -4.63. The lowest BCUT2D eigenvalue weighted by atomic mass is 9.87. The molecule has 34 heavy (non-hydrogen) atoms. The maximum absolute atomic E-state index is 15.4. The molecule has 0 saturated carbocycles. The average Bonchev–Trinajstić information content (AvgIpc) is 2.73. The molecule has 11 heteroatoms. The monoisotopic (exact) mass is 498 g/mol. The summed E-state index contributed by atoms with van der Waals surface area (Å²) in [5.74, 6) is -1.96. The van der Waals surface area contributed by atoms with E-state index >= 15 is 4.39 Å². The number of anilines is 2. The first-order valence-electron chi connectivity index (χ1n) is 10.7. The molecule has 3 fully saturated rings. The number of sulfonamides is 1. The molecule has 2 atom stereocenters. The topological polar surface area (TPSA) is 60.9 Å². The van der Waals surface area contributed by atoms with E-state index in [4.69, 9.17) is 0 Å². The van der Waals surface area contributed by atoms with Gasteiger partial charge in [-0.1, -0.05) is 36.4 Å². The minimum absolute atomic E-state index is 0.0312. The molecule has 6 nitrogen and oxygen atoms in total. The number of rotatable bonds is 6. The van der Waals surface area contributed by atoms with E-state index in [1.54, 1.807) is 28.0 Å². The number of piperazine rings is 1. The van der Waals surface area contributed by atoms with Crippen LogP contribution in [-0.4, -0.2) is 57.1 Å². The third kappa shape index (κ3) is 4.70. The zero-order valence-electron chi connectivity index (χ0n) is 18.4. The first kappa shape index (κ1) is 24.3. The van der Waals surface area contributed by atoms with E-state index in [9.17, 15) is 26.4 Å². The predicted octanol–water partition coefficient (Wildman–Crippen LogP) is 3.72. The maximum atomic E-state index is 15.4. The van der Waals surface area contributed by atoms with E-state index in [-0.39, 0.29) is 52.2 Å². The van der Waals surface area contributed by atoms with Crippen molar-refractivity contribution in [3.05, 3.63) is 66.3 Å². The third-order valence-electron chi connectivity index (χ3n) is 6.17. The molecule has 2 aromatic carbocycles. The highest BCUT2D eigenvalue weighted by atomic mass is 32.2. The number of carbonyl (C=O) groups excluding carboxylic acids is 1. The number of benzene rings is 2. The Morgan fingerprint density at radius 1 is 1.12 bits per heavy atom. The number of nitrogens with zero attached hydrogens (tertiary/aromatic N) is 3. The third-order valence-corrected chi connectivity index (χ3v) is 7.85. The number of hydrogen-bond donors (Lipinski definition) is 0. The number of halogens is 4. The molecule has 0 aromatic heterocycles. The van der Waals surface area contributed by atoms with Crippen molar-refractivity contribution in [2.24, 2.45) is 0 Å². The van der Waals surface area contributed by atoms with Crippen molar-refractivity contribution in [1.82, 2.24) is 4.90 Å². The maximum Gasteiger partial charge on any atom is 0.407 e. The zero-order chi connectivity index (χ0) is 24.8. The molecule has 3 aliphatic rings. The second-order valence-corrected chi connectivity index (χ2v) is 10.5. The second kappa shape index (κ2) is 8.75. The number of carbonyl (C=O) groups is 1. The molecule has 0 unspecified atom stereocenters. The molecule has 3 saturated heterocycles. The lowest BCUT2D eigenvalue weighted by molar-refractivity contribution is -0.143. The Morgan fingerprint density at radius 3 is 2.29 bits per heavy atom. The van der Waals surface area contributed by atoms with Gasteiger partial charge in [-0.15, -0.1) is 0 Å². The number of fused-ring (bicyclic) bond motifs is 2. The van der Waals surface area contributed by atoms with Crippen LogP contribution in [0.5, 0.6) is 0 Å². The van der Waals surface area contributed by atoms with Gasteiger partial charge in [0, 0.05) is 20.0 Å². The number of piperidine rings is 1. The van der Waals surface area contributed by atoms with Gasteiger partial charge < -0.3 is 9.80 Å². The molecule has 0 N–H and O–H groups in total. The quantitative estimate of drug-likeness (QED) is 0.570. The highest BCUT2D eigenvalue weighted by Gasteiger charge is 2.47. The first-order valence-corrected chi connectivity index (χ1v) is 12.3. The Morgan fingerprint density at radius 2 is 1.74 bits per heavy atom. The Labute approximate surface area is 195 Å². The van der Waals surface area contributed by atoms with Gasteiger partial charge in [0.05, 0.1) is 23.5 Å². The van der Waals surface area contributed by atoms with Gasteiger partial charge >= 0.3 is 6.18 Å². The van der Waals surface area contributed by atoms with Crippen LogP contribution in [-0.2, 0) is 20.6 Å². The normalized spacial score (nSPS) is 20.2. The summed E-state index contributed by atoms with van der Waals surface area (Å²) in [5.41, 5.74) is -0.577. The lowest BCUT2D eigenvalue weighted by Gasteiger charge is -2.57. The minimum Gasteiger partial charge on any atom is -0.366 e. The Hall–Kier alpha value is -2.82. The standard InChI is InChI=1S/C23H24F4N3O3S/c1-15-8-9-20(28-11-18-10-19(12-28)30(18)16(2)31)22(21(15)24)29(14-23(25,26)27)34(32,33)13-17-6-4-3-5-7-17/h3-9,18-19H,1,10-14H2,2H3/t18-,19+. The fraction of sp³-hybridized carbons (Fsp3) is 0.391. The summed E-state index contributed by atoms with van der Waals surface area (Å²) in [6.07, 6.45) is -4.18. The van der Waals surface area contributed by atoms with Gasteiger partial charge in [-0.25, -0.2) is 12.8 Å². The number of hydrogen-bond acceptors (Lipinski definition) is 4. The Bertz CT molecular complexity index is 1180. The smallest absolute Gasteiger partial charge is 0.366 e. The molecule has 2 aromatic rings. The van der Waals surface area contributed by atoms with Crippen molar-refractivity contribution >= 4 is 27.3 Å². The van der Waals surface area contributed by atoms with E-state index in [0.717, 1.165) is 6.42 Å². The summed E-state index contributed by atoms with van der Waals surface area (Å²) in [5, 5.41) is 0. The molecule has 0 spiro atoms. The van der Waals surface area contributed by atoms with Crippen LogP contribution in [0.25, 0.3) is 0 Å². The molecule has 2 bridgehead atoms.